The number of allylic oxidation sites excluding steroid dienone is 1. The number of carbonyl (C=O) groups is 1. The summed E-state index contributed by atoms with van der Waals surface area (Å²) >= 11 is 0. The molecular formula is C28H33N3O5. The van der Waals surface area contributed by atoms with Gasteiger partial charge in [0.25, 0.3) is 5.91 Å². The van der Waals surface area contributed by atoms with Gasteiger partial charge in [0.2, 0.25) is 6.29 Å². The van der Waals surface area contributed by atoms with Gasteiger partial charge in [-0.15, -0.1) is 0 Å². The van der Waals surface area contributed by atoms with Crippen LogP contribution in [0.25, 0.3) is 11.0 Å². The van der Waals surface area contributed by atoms with Crippen molar-refractivity contribution in [3.05, 3.63) is 82.5 Å². The number of nitrogens with one attached hydrogen (secondary N) is 1. The molecule has 2 atom stereocenters. The maximum atomic E-state index is 13.5. The SMILES string of the molecule is O=C(C1=C[C@H](c2ccccc2)C[C@H](OCCCCO)O1)N1CCC(n2c(=O)[nH]c3ccccc32)CC1. The Hall–Kier alpha value is -3.36. The largest absolute Gasteiger partial charge is 0.459 e. The van der Waals surface area contributed by atoms with Crippen molar-refractivity contribution in [2.45, 2.75) is 50.4 Å². The molecule has 1 saturated heterocycles. The molecule has 0 bridgehead atoms. The first-order chi connectivity index (χ1) is 17.6. The number of hydrogen-bond donors (Lipinski definition) is 2. The van der Waals surface area contributed by atoms with Crippen LogP contribution >= 0.6 is 0 Å². The zero-order chi connectivity index (χ0) is 24.9. The Morgan fingerprint density at radius 2 is 1.81 bits per heavy atom. The maximum absolute atomic E-state index is 13.5. The molecule has 0 spiro atoms. The van der Waals surface area contributed by atoms with Crippen molar-refractivity contribution >= 4 is 16.9 Å². The highest BCUT2D eigenvalue weighted by Crippen LogP contribution is 2.33. The summed E-state index contributed by atoms with van der Waals surface area (Å²) in [5, 5.41) is 9.03. The molecule has 36 heavy (non-hydrogen) atoms. The molecule has 2 aromatic carbocycles. The van der Waals surface area contributed by atoms with Gasteiger partial charge in [-0.2, -0.15) is 0 Å². The van der Waals surface area contributed by atoms with Crippen molar-refractivity contribution in [2.75, 3.05) is 26.3 Å². The van der Waals surface area contributed by atoms with Crippen LogP contribution in [0.1, 0.15) is 49.6 Å². The quantitative estimate of drug-likeness (QED) is 0.469. The lowest BCUT2D eigenvalue weighted by molar-refractivity contribution is -0.153. The number of ether oxygens (including phenoxy) is 2. The number of aromatic nitrogens is 2. The lowest BCUT2D eigenvalue weighted by Gasteiger charge is -2.35. The molecule has 5 rings (SSSR count). The van der Waals surface area contributed by atoms with Gasteiger partial charge >= 0.3 is 5.69 Å². The molecule has 0 radical (unpaired) electrons. The molecule has 190 valence electrons. The van der Waals surface area contributed by atoms with Crippen LogP contribution in [0.15, 0.2) is 71.2 Å². The molecule has 0 aliphatic carbocycles. The van der Waals surface area contributed by atoms with Crippen LogP contribution in [0.3, 0.4) is 0 Å². The number of H-pyrrole nitrogens is 1. The molecule has 2 N–H and O–H groups in total. The van der Waals surface area contributed by atoms with E-state index >= 15 is 0 Å². The van der Waals surface area contributed by atoms with Crippen LogP contribution in [0.2, 0.25) is 0 Å². The van der Waals surface area contributed by atoms with E-state index in [1.54, 1.807) is 0 Å². The number of benzene rings is 2. The smallest absolute Gasteiger partial charge is 0.326 e. The Kier molecular flexibility index (Phi) is 7.53. The van der Waals surface area contributed by atoms with E-state index in [-0.39, 0.29) is 30.2 Å². The fraction of sp³-hybridized carbons (Fsp3) is 0.429. The number of aliphatic hydroxyl groups excluding tert-OH is 1. The summed E-state index contributed by atoms with van der Waals surface area (Å²) in [5.74, 6) is 0.207. The Bertz CT molecular complexity index is 1260. The van der Waals surface area contributed by atoms with E-state index in [1.165, 1.54) is 0 Å². The van der Waals surface area contributed by atoms with E-state index in [9.17, 15) is 9.59 Å². The molecule has 3 aromatic rings. The van der Waals surface area contributed by atoms with E-state index in [0.717, 1.165) is 23.0 Å². The molecule has 2 aliphatic heterocycles. The second-order valence-electron chi connectivity index (χ2n) is 9.47. The summed E-state index contributed by atoms with van der Waals surface area (Å²) < 4.78 is 13.8. The summed E-state index contributed by atoms with van der Waals surface area (Å²) in [4.78, 5) is 30.8. The third kappa shape index (κ3) is 5.24. The second kappa shape index (κ2) is 11.1. The first-order valence-electron chi connectivity index (χ1n) is 12.8. The number of nitrogens with zero attached hydrogens (tertiary/aromatic N) is 2. The fourth-order valence-electron chi connectivity index (χ4n) is 5.19. The van der Waals surface area contributed by atoms with E-state index in [0.29, 0.717) is 51.1 Å². The number of para-hydroxylation sites is 2. The van der Waals surface area contributed by atoms with E-state index in [1.807, 2.05) is 58.0 Å². The van der Waals surface area contributed by atoms with Crippen molar-refractivity contribution in [1.82, 2.24) is 14.5 Å². The molecule has 2 aliphatic rings. The first kappa shape index (κ1) is 24.3. The highest BCUT2D eigenvalue weighted by atomic mass is 16.7. The van der Waals surface area contributed by atoms with Gasteiger partial charge < -0.3 is 24.5 Å². The highest BCUT2D eigenvalue weighted by Gasteiger charge is 2.33. The summed E-state index contributed by atoms with van der Waals surface area (Å²) in [5.41, 5.74) is 2.75. The van der Waals surface area contributed by atoms with Crippen molar-refractivity contribution in [2.24, 2.45) is 0 Å². The van der Waals surface area contributed by atoms with Crippen molar-refractivity contribution < 1.29 is 19.4 Å². The number of hydrogen-bond acceptors (Lipinski definition) is 5. The third-order valence-electron chi connectivity index (χ3n) is 7.09. The lowest BCUT2D eigenvalue weighted by atomic mass is 9.92. The van der Waals surface area contributed by atoms with E-state index in [2.05, 4.69) is 17.1 Å². The lowest BCUT2D eigenvalue weighted by Crippen LogP contribution is -2.42. The van der Waals surface area contributed by atoms with E-state index < -0.39 is 6.29 Å². The number of piperidine rings is 1. The monoisotopic (exact) mass is 491 g/mol. The van der Waals surface area contributed by atoms with Gasteiger partial charge in [-0.25, -0.2) is 4.79 Å². The number of aliphatic hydroxyl groups is 1. The van der Waals surface area contributed by atoms with Crippen molar-refractivity contribution in [3.63, 3.8) is 0 Å². The summed E-state index contributed by atoms with van der Waals surface area (Å²) in [7, 11) is 0. The number of unbranched alkanes of at least 4 members (excludes halogenated alkanes) is 1. The Balaban J connectivity index is 1.28. The summed E-state index contributed by atoms with van der Waals surface area (Å²) in [6.07, 6.45) is 4.84. The number of imidazole rings is 1. The van der Waals surface area contributed by atoms with Gasteiger partial charge in [-0.3, -0.25) is 9.36 Å². The number of carbonyl (C=O) groups excluding carboxylic acids is 1. The molecule has 0 saturated carbocycles. The van der Waals surface area contributed by atoms with Gasteiger partial charge in [0.05, 0.1) is 17.6 Å². The minimum Gasteiger partial charge on any atom is -0.459 e. The average molecular weight is 492 g/mol. The third-order valence-corrected chi connectivity index (χ3v) is 7.09. The van der Waals surface area contributed by atoms with E-state index in [4.69, 9.17) is 14.6 Å². The van der Waals surface area contributed by atoms with Crippen LogP contribution in [-0.4, -0.2) is 58.1 Å². The van der Waals surface area contributed by atoms with Gasteiger partial charge in [0, 0.05) is 38.1 Å². The predicted octanol–water partition coefficient (Wildman–Crippen LogP) is 3.70. The van der Waals surface area contributed by atoms with Crippen LogP contribution in [0, 0.1) is 0 Å². The number of likely N-dealkylation sites (tertiary alicyclic amines) is 1. The molecule has 8 heteroatoms. The molecule has 1 amide bonds. The zero-order valence-electron chi connectivity index (χ0n) is 20.3. The molecule has 1 fully saturated rings. The fourth-order valence-corrected chi connectivity index (χ4v) is 5.19. The average Bonchev–Trinajstić information content (AvgIpc) is 3.27. The molecule has 0 unspecified atom stereocenters. The van der Waals surface area contributed by atoms with Crippen LogP contribution in [0.5, 0.6) is 0 Å². The summed E-state index contributed by atoms with van der Waals surface area (Å²) in [6, 6.07) is 17.8. The highest BCUT2D eigenvalue weighted by molar-refractivity contribution is 5.92. The van der Waals surface area contributed by atoms with Crippen LogP contribution in [-0.2, 0) is 14.3 Å². The molecule has 1 aromatic heterocycles. The maximum Gasteiger partial charge on any atom is 0.326 e. The van der Waals surface area contributed by atoms with Crippen LogP contribution < -0.4 is 5.69 Å². The zero-order valence-corrected chi connectivity index (χ0v) is 20.3. The topological polar surface area (TPSA) is 96.8 Å². The van der Waals surface area contributed by atoms with Crippen molar-refractivity contribution in [1.29, 1.82) is 0 Å². The second-order valence-corrected chi connectivity index (χ2v) is 9.47. The molecular weight excluding hydrogens is 458 g/mol. The summed E-state index contributed by atoms with van der Waals surface area (Å²) in [6.45, 7) is 1.70. The van der Waals surface area contributed by atoms with Gasteiger partial charge in [-0.05, 0) is 49.5 Å². The number of aromatic amines is 1. The normalized spacial score (nSPS) is 20.8. The number of rotatable bonds is 8. The predicted molar refractivity (Wildman–Crippen MR) is 136 cm³/mol. The first-order valence-corrected chi connectivity index (χ1v) is 12.8. The number of amides is 1. The van der Waals surface area contributed by atoms with Gasteiger partial charge in [-0.1, -0.05) is 42.5 Å². The molecule has 3 heterocycles. The van der Waals surface area contributed by atoms with Gasteiger partial charge in [0.1, 0.15) is 0 Å². The Morgan fingerprint density at radius 3 is 2.58 bits per heavy atom. The Morgan fingerprint density at radius 1 is 1.06 bits per heavy atom. The minimum atomic E-state index is -0.514. The van der Waals surface area contributed by atoms with Crippen LogP contribution in [0.4, 0.5) is 0 Å². The standard InChI is InChI=1S/C28H33N3O5/c32-16-6-7-17-35-26-19-21(20-8-2-1-3-9-20)18-25(36-26)27(33)30-14-12-22(13-15-30)31-24-11-5-4-10-23(24)29-28(31)34/h1-5,8-11,18,21-22,26,32H,6-7,12-17,19H2,(H,29,34)/t21-,26+/m0/s1. The Labute approximate surface area is 210 Å². The van der Waals surface area contributed by atoms with Crippen molar-refractivity contribution in [3.8, 4) is 0 Å². The minimum absolute atomic E-state index is 0.0177. The van der Waals surface area contributed by atoms with Gasteiger partial charge in [0.15, 0.2) is 5.76 Å². The number of fused-ring (bicyclic) bond motifs is 1. The molecule has 8 nitrogen and oxygen atoms in total.